The average molecular weight is 356 g/mol. The highest BCUT2D eigenvalue weighted by molar-refractivity contribution is 5.81. The summed E-state index contributed by atoms with van der Waals surface area (Å²) in [6.45, 7) is 7.74. The Kier molecular flexibility index (Phi) is 4.94. The lowest BCUT2D eigenvalue weighted by molar-refractivity contribution is -0.139. The maximum atomic E-state index is 12.6. The molecular weight excluding hydrogens is 328 g/mol. The molecule has 0 unspecified atom stereocenters. The first-order valence-corrected chi connectivity index (χ1v) is 9.82. The van der Waals surface area contributed by atoms with Crippen LogP contribution in [0.3, 0.4) is 0 Å². The zero-order valence-electron chi connectivity index (χ0n) is 15.7. The molecule has 0 spiro atoms. The van der Waals surface area contributed by atoms with E-state index in [1.165, 1.54) is 0 Å². The molecule has 0 aliphatic carbocycles. The van der Waals surface area contributed by atoms with Gasteiger partial charge in [0.25, 0.3) is 5.91 Å². The van der Waals surface area contributed by atoms with E-state index in [2.05, 4.69) is 23.4 Å². The molecule has 0 N–H and O–H groups in total. The molecule has 2 atom stereocenters. The van der Waals surface area contributed by atoms with Crippen LogP contribution < -0.4 is 0 Å². The number of rotatable bonds is 5. The molecule has 0 bridgehead atoms. The van der Waals surface area contributed by atoms with E-state index in [1.807, 2.05) is 23.2 Å². The number of likely N-dealkylation sites (tertiary alicyclic amines) is 1. The highest BCUT2D eigenvalue weighted by atomic mass is 16.5. The summed E-state index contributed by atoms with van der Waals surface area (Å²) in [4.78, 5) is 24.0. The van der Waals surface area contributed by atoms with E-state index in [4.69, 9.17) is 9.72 Å². The Bertz CT molecular complexity index is 779. The fourth-order valence-electron chi connectivity index (χ4n) is 4.15. The standard InChI is InChI=1S/C20H28N4O2/c1-14(2)12-24-18(22-16-5-3-8-21-19(16)24)11-15-7-9-23(13-15)20(25)17-6-4-10-26-17/h3,5,8,14-15,17H,4,6-7,9-13H2,1-2H3/t15-,17+/m0/s1. The van der Waals surface area contributed by atoms with Crippen LogP contribution in [0.1, 0.15) is 38.9 Å². The van der Waals surface area contributed by atoms with Crippen molar-refractivity contribution in [2.45, 2.75) is 52.2 Å². The SMILES string of the molecule is CC(C)Cn1c(C[C@@H]2CCN(C(=O)[C@H]3CCCO3)C2)nc2cccnc21. The van der Waals surface area contributed by atoms with E-state index >= 15 is 0 Å². The number of nitrogens with zero attached hydrogens (tertiary/aromatic N) is 4. The lowest BCUT2D eigenvalue weighted by Crippen LogP contribution is -2.37. The lowest BCUT2D eigenvalue weighted by atomic mass is 10.0. The van der Waals surface area contributed by atoms with Gasteiger partial charge in [-0.1, -0.05) is 13.8 Å². The first kappa shape index (κ1) is 17.5. The van der Waals surface area contributed by atoms with Crippen LogP contribution in [-0.2, 0) is 22.5 Å². The van der Waals surface area contributed by atoms with E-state index < -0.39 is 0 Å². The summed E-state index contributed by atoms with van der Waals surface area (Å²) in [7, 11) is 0. The zero-order chi connectivity index (χ0) is 18.1. The molecule has 1 amide bonds. The Morgan fingerprint density at radius 3 is 3.04 bits per heavy atom. The van der Waals surface area contributed by atoms with Crippen LogP contribution in [0, 0.1) is 11.8 Å². The van der Waals surface area contributed by atoms with Crippen molar-refractivity contribution in [3.8, 4) is 0 Å². The van der Waals surface area contributed by atoms with Gasteiger partial charge in [0.2, 0.25) is 0 Å². The second kappa shape index (κ2) is 7.35. The molecule has 4 heterocycles. The molecule has 6 heteroatoms. The van der Waals surface area contributed by atoms with Crippen LogP contribution in [0.2, 0.25) is 0 Å². The number of amides is 1. The van der Waals surface area contributed by atoms with Gasteiger partial charge in [0.1, 0.15) is 17.4 Å². The Morgan fingerprint density at radius 2 is 2.27 bits per heavy atom. The van der Waals surface area contributed by atoms with Gasteiger partial charge in [-0.05, 0) is 43.2 Å². The summed E-state index contributed by atoms with van der Waals surface area (Å²) >= 11 is 0. The Balaban J connectivity index is 1.48. The fraction of sp³-hybridized carbons (Fsp3) is 0.650. The smallest absolute Gasteiger partial charge is 0.251 e. The quantitative estimate of drug-likeness (QED) is 0.826. The van der Waals surface area contributed by atoms with Gasteiger partial charge in [0.15, 0.2) is 5.65 Å². The molecule has 0 aromatic carbocycles. The predicted molar refractivity (Wildman–Crippen MR) is 99.7 cm³/mol. The third kappa shape index (κ3) is 3.47. The number of imidazole rings is 1. The summed E-state index contributed by atoms with van der Waals surface area (Å²) in [5.41, 5.74) is 1.94. The van der Waals surface area contributed by atoms with E-state index in [9.17, 15) is 4.79 Å². The third-order valence-electron chi connectivity index (χ3n) is 5.40. The average Bonchev–Trinajstić information content (AvgIpc) is 3.36. The van der Waals surface area contributed by atoms with Gasteiger partial charge in [0.05, 0.1) is 0 Å². The van der Waals surface area contributed by atoms with Gasteiger partial charge in [-0.25, -0.2) is 9.97 Å². The van der Waals surface area contributed by atoms with Gasteiger partial charge in [0, 0.05) is 38.9 Å². The van der Waals surface area contributed by atoms with Crippen LogP contribution >= 0.6 is 0 Å². The molecule has 0 radical (unpaired) electrons. The molecule has 2 fully saturated rings. The molecule has 2 saturated heterocycles. The van der Waals surface area contributed by atoms with Crippen molar-refractivity contribution in [3.63, 3.8) is 0 Å². The van der Waals surface area contributed by atoms with Crippen molar-refractivity contribution in [2.24, 2.45) is 11.8 Å². The van der Waals surface area contributed by atoms with Crippen LogP contribution in [0.25, 0.3) is 11.2 Å². The molecule has 2 aliphatic rings. The number of carbonyl (C=O) groups excluding carboxylic acids is 1. The van der Waals surface area contributed by atoms with Crippen molar-refractivity contribution in [1.29, 1.82) is 0 Å². The second-order valence-corrected chi connectivity index (χ2v) is 8.02. The van der Waals surface area contributed by atoms with E-state index in [-0.39, 0.29) is 12.0 Å². The van der Waals surface area contributed by atoms with Gasteiger partial charge >= 0.3 is 0 Å². The van der Waals surface area contributed by atoms with Crippen molar-refractivity contribution < 1.29 is 9.53 Å². The summed E-state index contributed by atoms with van der Waals surface area (Å²) in [5, 5.41) is 0. The minimum absolute atomic E-state index is 0.183. The molecule has 140 valence electrons. The second-order valence-electron chi connectivity index (χ2n) is 8.02. The highest BCUT2D eigenvalue weighted by Gasteiger charge is 2.33. The molecule has 4 rings (SSSR count). The monoisotopic (exact) mass is 356 g/mol. The first-order chi connectivity index (χ1) is 12.6. The van der Waals surface area contributed by atoms with E-state index in [1.54, 1.807) is 0 Å². The summed E-state index contributed by atoms with van der Waals surface area (Å²) in [5.74, 6) is 2.28. The molecule has 2 aromatic heterocycles. The molecular formula is C20H28N4O2. The molecule has 6 nitrogen and oxygen atoms in total. The largest absolute Gasteiger partial charge is 0.368 e. The van der Waals surface area contributed by atoms with Crippen molar-refractivity contribution >= 4 is 17.1 Å². The van der Waals surface area contributed by atoms with Crippen LogP contribution in [-0.4, -0.2) is 51.1 Å². The summed E-state index contributed by atoms with van der Waals surface area (Å²) < 4.78 is 7.84. The number of ether oxygens (including phenoxy) is 1. The molecule has 0 saturated carbocycles. The van der Waals surface area contributed by atoms with Gasteiger partial charge in [-0.15, -0.1) is 0 Å². The molecule has 2 aliphatic heterocycles. The summed E-state index contributed by atoms with van der Waals surface area (Å²) in [6.07, 6.45) is 5.44. The Hall–Kier alpha value is -1.95. The molecule has 26 heavy (non-hydrogen) atoms. The number of hydrogen-bond acceptors (Lipinski definition) is 4. The predicted octanol–water partition coefficient (Wildman–Crippen LogP) is 2.66. The minimum Gasteiger partial charge on any atom is -0.368 e. The minimum atomic E-state index is -0.205. The van der Waals surface area contributed by atoms with Crippen molar-refractivity contribution in [2.75, 3.05) is 19.7 Å². The summed E-state index contributed by atoms with van der Waals surface area (Å²) in [6, 6.07) is 3.97. The van der Waals surface area contributed by atoms with Gasteiger partial charge in [-0.3, -0.25) is 4.79 Å². The Morgan fingerprint density at radius 1 is 1.38 bits per heavy atom. The normalized spacial score (nSPS) is 23.4. The molecule has 2 aromatic rings. The number of fused-ring (bicyclic) bond motifs is 1. The lowest BCUT2D eigenvalue weighted by Gasteiger charge is -2.20. The van der Waals surface area contributed by atoms with Crippen LogP contribution in [0.4, 0.5) is 0 Å². The van der Waals surface area contributed by atoms with E-state index in [0.29, 0.717) is 11.8 Å². The number of aromatic nitrogens is 3. The number of pyridine rings is 1. The highest BCUT2D eigenvalue weighted by Crippen LogP contribution is 2.25. The van der Waals surface area contributed by atoms with Crippen LogP contribution in [0.15, 0.2) is 18.3 Å². The number of carbonyl (C=O) groups is 1. The zero-order valence-corrected chi connectivity index (χ0v) is 15.7. The van der Waals surface area contributed by atoms with Crippen molar-refractivity contribution in [1.82, 2.24) is 19.4 Å². The first-order valence-electron chi connectivity index (χ1n) is 9.82. The topological polar surface area (TPSA) is 60.2 Å². The van der Waals surface area contributed by atoms with Gasteiger partial charge < -0.3 is 14.2 Å². The van der Waals surface area contributed by atoms with Crippen molar-refractivity contribution in [3.05, 3.63) is 24.2 Å². The fourth-order valence-corrected chi connectivity index (χ4v) is 4.15. The van der Waals surface area contributed by atoms with Crippen LogP contribution in [0.5, 0.6) is 0 Å². The third-order valence-corrected chi connectivity index (χ3v) is 5.40. The van der Waals surface area contributed by atoms with Gasteiger partial charge in [-0.2, -0.15) is 0 Å². The maximum Gasteiger partial charge on any atom is 0.251 e. The Labute approximate surface area is 154 Å². The van der Waals surface area contributed by atoms with E-state index in [0.717, 1.165) is 68.9 Å². The number of hydrogen-bond donors (Lipinski definition) is 0. The maximum absolute atomic E-state index is 12.6.